The van der Waals surface area contributed by atoms with Gasteiger partial charge in [0.05, 0.1) is 0 Å². The Balaban J connectivity index is 0. The molecule has 0 saturated heterocycles. The van der Waals surface area contributed by atoms with Crippen LogP contribution in [0.4, 0.5) is 0 Å². The SMILES string of the molecule is [Al+3].[Ce+3].[Mg+2].[O-2].[O-2].[O-2].[O-2]. The van der Waals surface area contributed by atoms with Gasteiger partial charge in [0.2, 0.25) is 0 Å². The van der Waals surface area contributed by atoms with Gasteiger partial charge in [-0.05, 0) is 0 Å². The van der Waals surface area contributed by atoms with Crippen LogP contribution in [0.5, 0.6) is 0 Å². The third-order valence-corrected chi connectivity index (χ3v) is 0. The van der Waals surface area contributed by atoms with E-state index in [4.69, 9.17) is 0 Å². The zero-order valence-electron chi connectivity index (χ0n) is 3.42. The molecule has 0 bridgehead atoms. The Bertz CT molecular complexity index is 11.7. The summed E-state index contributed by atoms with van der Waals surface area (Å²) in [5.74, 6) is 0. The Morgan fingerprint density at radius 1 is 0.571 bits per heavy atom. The van der Waals surface area contributed by atoms with Gasteiger partial charge in [-0.2, -0.15) is 0 Å². The van der Waals surface area contributed by atoms with E-state index >= 15 is 0 Å². The first-order valence-electron chi connectivity index (χ1n) is 0. The molecule has 0 aliphatic carbocycles. The molecule has 0 aliphatic rings. The Hall–Kier alpha value is 2.52. The number of hydrogen-bond acceptors (Lipinski definition) is 0. The van der Waals surface area contributed by atoms with Crippen molar-refractivity contribution < 1.29 is 63.7 Å². The molecule has 0 rings (SSSR count). The van der Waals surface area contributed by atoms with Crippen LogP contribution in [-0.2, 0) is 21.9 Å². The maximum Gasteiger partial charge on any atom is 3.00 e. The molecule has 1 radical (unpaired) electrons. The summed E-state index contributed by atoms with van der Waals surface area (Å²) in [4.78, 5) is 0. The van der Waals surface area contributed by atoms with Gasteiger partial charge in [0.15, 0.2) is 0 Å². The van der Waals surface area contributed by atoms with Crippen molar-refractivity contribution in [3.8, 4) is 0 Å². The Kier molecular flexibility index (Phi) is 1180. The van der Waals surface area contributed by atoms with Gasteiger partial charge in [-0.1, -0.05) is 0 Å². The van der Waals surface area contributed by atoms with Gasteiger partial charge < -0.3 is 21.9 Å². The monoisotopic (exact) mass is 255 g/mol. The van der Waals surface area contributed by atoms with Crippen LogP contribution in [0.3, 0.4) is 0 Å². The van der Waals surface area contributed by atoms with Crippen LogP contribution < -0.4 is 0 Å². The Morgan fingerprint density at radius 3 is 0.571 bits per heavy atom. The van der Waals surface area contributed by atoms with E-state index in [2.05, 4.69) is 0 Å². The molecule has 0 N–H and O–H groups in total. The fraction of sp³-hybridized carbons (Fsp3) is 0. The van der Waals surface area contributed by atoms with E-state index in [0.717, 1.165) is 0 Å². The molecule has 0 atom stereocenters. The molecule has 0 unspecified atom stereocenters. The molecule has 7 heavy (non-hydrogen) atoms. The zero-order chi connectivity index (χ0) is 0. The van der Waals surface area contributed by atoms with Crippen molar-refractivity contribution in [3.05, 3.63) is 0 Å². The Morgan fingerprint density at radius 2 is 0.571 bits per heavy atom. The predicted molar refractivity (Wildman–Crippen MR) is 14.3 cm³/mol. The van der Waals surface area contributed by atoms with Gasteiger partial charge in [0.1, 0.15) is 0 Å². The predicted octanol–water partition coefficient (Wildman–Crippen LogP) is -1.24. The summed E-state index contributed by atoms with van der Waals surface area (Å²) in [5.41, 5.74) is 0. The molecule has 0 saturated carbocycles. The zero-order valence-corrected chi connectivity index (χ0v) is 9.13. The number of rotatable bonds is 0. The molecule has 0 aromatic carbocycles. The van der Waals surface area contributed by atoms with Gasteiger partial charge in [0.25, 0.3) is 0 Å². The summed E-state index contributed by atoms with van der Waals surface area (Å²) in [5, 5.41) is 0. The van der Waals surface area contributed by atoms with Crippen LogP contribution in [0.1, 0.15) is 0 Å². The normalized spacial score (nSPS) is 0. The molecular formula is AlCeMgO4. The quantitative estimate of drug-likeness (QED) is 0.482. The van der Waals surface area contributed by atoms with Crippen molar-refractivity contribution in [2.45, 2.75) is 0 Å². The molecule has 0 fully saturated rings. The first-order chi connectivity index (χ1) is 0. The van der Waals surface area contributed by atoms with Crippen molar-refractivity contribution >= 4 is 40.4 Å². The molecule has 4 nitrogen and oxygen atoms in total. The third-order valence-electron chi connectivity index (χ3n) is 0. The molecule has 0 aromatic heterocycles. The second-order valence-electron chi connectivity index (χ2n) is 0. The molecule has 0 amide bonds. The van der Waals surface area contributed by atoms with Crippen molar-refractivity contribution in [2.75, 3.05) is 0 Å². The Labute approximate surface area is 102 Å². The van der Waals surface area contributed by atoms with E-state index in [0.29, 0.717) is 0 Å². The average Bonchev–Trinajstić information content (AvgIpc) is 0. The van der Waals surface area contributed by atoms with Crippen LogP contribution in [0.15, 0.2) is 0 Å². The average molecular weight is 255 g/mol. The minimum absolute atomic E-state index is 0. The van der Waals surface area contributed by atoms with Crippen molar-refractivity contribution in [2.24, 2.45) is 0 Å². The van der Waals surface area contributed by atoms with E-state index < -0.39 is 0 Å². The smallest absolute Gasteiger partial charge is 2.00 e. The van der Waals surface area contributed by atoms with Crippen LogP contribution in [-0.4, -0.2) is 40.4 Å². The molecule has 0 aliphatic heterocycles. The molecular weight excluding hydrogens is 255 g/mol. The second kappa shape index (κ2) is 76.0. The molecule has 33 valence electrons. The molecule has 0 heterocycles. The van der Waals surface area contributed by atoms with Crippen molar-refractivity contribution in [3.63, 3.8) is 0 Å². The fourth-order valence-corrected chi connectivity index (χ4v) is 0. The molecule has 0 spiro atoms. The van der Waals surface area contributed by atoms with Crippen molar-refractivity contribution in [1.82, 2.24) is 0 Å². The van der Waals surface area contributed by atoms with Crippen LogP contribution >= 0.6 is 0 Å². The minimum Gasteiger partial charge on any atom is -2.00 e. The molecule has 7 heteroatoms. The van der Waals surface area contributed by atoms with E-state index in [1.54, 1.807) is 0 Å². The third kappa shape index (κ3) is 57.1. The summed E-state index contributed by atoms with van der Waals surface area (Å²) >= 11 is 0. The minimum atomic E-state index is 0. The van der Waals surface area contributed by atoms with Crippen LogP contribution in [0.2, 0.25) is 0 Å². The van der Waals surface area contributed by atoms with Gasteiger partial charge in [-0.3, -0.25) is 0 Å². The topological polar surface area (TPSA) is 114 Å². The fourth-order valence-electron chi connectivity index (χ4n) is 0. The summed E-state index contributed by atoms with van der Waals surface area (Å²) < 4.78 is 0. The largest absolute Gasteiger partial charge is 3.00 e. The first-order valence-corrected chi connectivity index (χ1v) is 0. The van der Waals surface area contributed by atoms with Crippen molar-refractivity contribution in [1.29, 1.82) is 0 Å². The standard InChI is InChI=1S/Al.Ce.Mg.4O/q2*+3;+2;4*-2. The summed E-state index contributed by atoms with van der Waals surface area (Å²) in [6.07, 6.45) is 0. The maximum absolute atomic E-state index is 0. The van der Waals surface area contributed by atoms with E-state index in [-0.39, 0.29) is 104 Å². The summed E-state index contributed by atoms with van der Waals surface area (Å²) in [7, 11) is 0. The van der Waals surface area contributed by atoms with Crippen LogP contribution in [0.25, 0.3) is 0 Å². The van der Waals surface area contributed by atoms with E-state index in [1.807, 2.05) is 0 Å². The van der Waals surface area contributed by atoms with Gasteiger partial charge in [-0.25, -0.2) is 0 Å². The first kappa shape index (κ1) is 109. The number of hydrogen-bond donors (Lipinski definition) is 0. The van der Waals surface area contributed by atoms with Crippen LogP contribution in [0, 0.1) is 41.7 Å². The summed E-state index contributed by atoms with van der Waals surface area (Å²) in [6, 6.07) is 0. The maximum atomic E-state index is 0. The van der Waals surface area contributed by atoms with E-state index in [9.17, 15) is 0 Å². The summed E-state index contributed by atoms with van der Waals surface area (Å²) in [6.45, 7) is 0. The molecule has 0 aromatic rings. The van der Waals surface area contributed by atoms with E-state index in [1.165, 1.54) is 0 Å². The van der Waals surface area contributed by atoms with Gasteiger partial charge in [-0.15, -0.1) is 0 Å². The second-order valence-corrected chi connectivity index (χ2v) is 0. The van der Waals surface area contributed by atoms with Gasteiger partial charge >= 0.3 is 82.2 Å². The van der Waals surface area contributed by atoms with Gasteiger partial charge in [0, 0.05) is 0 Å².